The fraction of sp³-hybridized carbons (Fsp3) is 0.433. The summed E-state index contributed by atoms with van der Waals surface area (Å²) < 4.78 is 11.5. The largest absolute Gasteiger partial charge is 0.469 e. The topological polar surface area (TPSA) is 51.5 Å². The van der Waals surface area contributed by atoms with Gasteiger partial charge in [0.05, 0.1) is 18.8 Å². The van der Waals surface area contributed by atoms with Crippen LogP contribution in [0.5, 0.6) is 0 Å². The van der Waals surface area contributed by atoms with Gasteiger partial charge >= 0.3 is 0 Å². The molecular formula is C30H37NO3. The lowest BCUT2D eigenvalue weighted by molar-refractivity contribution is -0.121. The maximum absolute atomic E-state index is 13.0. The highest BCUT2D eigenvalue weighted by Crippen LogP contribution is 2.44. The van der Waals surface area contributed by atoms with E-state index in [9.17, 15) is 4.79 Å². The van der Waals surface area contributed by atoms with E-state index in [4.69, 9.17) is 9.15 Å². The zero-order valence-corrected chi connectivity index (χ0v) is 20.6. The Hall–Kier alpha value is -2.85. The van der Waals surface area contributed by atoms with Gasteiger partial charge in [-0.2, -0.15) is 0 Å². The summed E-state index contributed by atoms with van der Waals surface area (Å²) in [5, 5.41) is 3.21. The second kappa shape index (κ2) is 11.1. The number of carbonyl (C=O) groups is 1. The normalized spacial score (nSPS) is 19.3. The first-order valence-corrected chi connectivity index (χ1v) is 12.4. The molecule has 2 aromatic carbocycles. The Morgan fingerprint density at radius 1 is 1.03 bits per heavy atom. The molecule has 3 atom stereocenters. The van der Waals surface area contributed by atoms with Gasteiger partial charge in [-0.25, -0.2) is 0 Å². The SMILES string of the molecule is Cc1ccc([C@@H](CC(=O)NCC[C@@H](c2ccccc2)[C@@H]2CCOCC2(C)C)c2ccco2)cc1. The maximum atomic E-state index is 13.0. The smallest absolute Gasteiger partial charge is 0.221 e. The Kier molecular flexibility index (Phi) is 7.89. The quantitative estimate of drug-likeness (QED) is 0.399. The first-order chi connectivity index (χ1) is 16.4. The van der Waals surface area contributed by atoms with Crippen molar-refractivity contribution in [1.82, 2.24) is 5.32 Å². The molecule has 1 amide bonds. The molecule has 4 rings (SSSR count). The highest BCUT2D eigenvalue weighted by atomic mass is 16.5. The minimum Gasteiger partial charge on any atom is -0.469 e. The van der Waals surface area contributed by atoms with E-state index in [1.807, 2.05) is 12.1 Å². The molecule has 1 fully saturated rings. The molecule has 1 aromatic heterocycles. The molecule has 180 valence electrons. The van der Waals surface area contributed by atoms with Crippen molar-refractivity contribution in [1.29, 1.82) is 0 Å². The standard InChI is InChI=1S/C30H37NO3/c1-22-11-13-24(14-12-22)26(28-10-7-18-34-28)20-29(32)31-17-15-25(23-8-5-4-6-9-23)27-16-19-33-21-30(27,2)3/h4-14,18,25-27H,15-17,19-21H2,1-3H3,(H,31,32)/t25-,26+,27-/m0/s1. The minimum absolute atomic E-state index is 0.0556. The van der Waals surface area contributed by atoms with Gasteiger partial charge in [-0.05, 0) is 60.3 Å². The Morgan fingerprint density at radius 2 is 1.79 bits per heavy atom. The van der Waals surface area contributed by atoms with Gasteiger partial charge in [-0.3, -0.25) is 4.79 Å². The third-order valence-corrected chi connectivity index (χ3v) is 7.30. The molecule has 1 aliphatic rings. The van der Waals surface area contributed by atoms with Crippen molar-refractivity contribution in [2.75, 3.05) is 19.8 Å². The van der Waals surface area contributed by atoms with Crippen LogP contribution in [0, 0.1) is 18.3 Å². The number of hydrogen-bond acceptors (Lipinski definition) is 3. The summed E-state index contributed by atoms with van der Waals surface area (Å²) in [5.41, 5.74) is 3.76. The summed E-state index contributed by atoms with van der Waals surface area (Å²) in [5.74, 6) is 1.70. The zero-order valence-electron chi connectivity index (χ0n) is 20.6. The van der Waals surface area contributed by atoms with Crippen LogP contribution in [0.1, 0.15) is 67.4 Å². The average molecular weight is 460 g/mol. The number of ether oxygens (including phenoxy) is 1. The number of furan rings is 1. The van der Waals surface area contributed by atoms with E-state index in [2.05, 4.69) is 80.7 Å². The van der Waals surface area contributed by atoms with Gasteiger partial charge in [0.1, 0.15) is 5.76 Å². The van der Waals surface area contributed by atoms with Crippen molar-refractivity contribution in [2.45, 2.75) is 51.9 Å². The molecule has 0 saturated carbocycles. The number of nitrogens with one attached hydrogen (secondary N) is 1. The van der Waals surface area contributed by atoms with Gasteiger partial charge in [-0.1, -0.05) is 74.0 Å². The van der Waals surface area contributed by atoms with Crippen molar-refractivity contribution in [3.05, 3.63) is 95.4 Å². The summed E-state index contributed by atoms with van der Waals surface area (Å²) in [6, 6.07) is 22.9. The summed E-state index contributed by atoms with van der Waals surface area (Å²) >= 11 is 0. The molecule has 4 nitrogen and oxygen atoms in total. The lowest BCUT2D eigenvalue weighted by atomic mass is 9.66. The Balaban J connectivity index is 1.42. The summed E-state index contributed by atoms with van der Waals surface area (Å²) in [6.07, 6.45) is 4.01. The molecule has 4 heteroatoms. The van der Waals surface area contributed by atoms with Gasteiger partial charge in [0.15, 0.2) is 0 Å². The van der Waals surface area contributed by atoms with E-state index in [1.54, 1.807) is 6.26 Å². The third kappa shape index (κ3) is 5.98. The van der Waals surface area contributed by atoms with Crippen LogP contribution in [-0.2, 0) is 9.53 Å². The monoisotopic (exact) mass is 459 g/mol. The fourth-order valence-electron chi connectivity index (χ4n) is 5.39. The molecule has 2 heterocycles. The van der Waals surface area contributed by atoms with Gasteiger partial charge in [-0.15, -0.1) is 0 Å². The molecule has 0 unspecified atom stereocenters. The van der Waals surface area contributed by atoms with Crippen LogP contribution in [-0.4, -0.2) is 25.7 Å². The number of aryl methyl sites for hydroxylation is 1. The van der Waals surface area contributed by atoms with E-state index >= 15 is 0 Å². The van der Waals surface area contributed by atoms with Crippen molar-refractivity contribution < 1.29 is 13.9 Å². The second-order valence-corrected chi connectivity index (χ2v) is 10.3. The number of rotatable bonds is 9. The predicted molar refractivity (Wildman–Crippen MR) is 136 cm³/mol. The average Bonchev–Trinajstić information content (AvgIpc) is 3.37. The van der Waals surface area contributed by atoms with E-state index in [-0.39, 0.29) is 17.2 Å². The predicted octanol–water partition coefficient (Wildman–Crippen LogP) is 6.46. The van der Waals surface area contributed by atoms with E-state index in [1.165, 1.54) is 11.1 Å². The number of benzene rings is 2. The van der Waals surface area contributed by atoms with Crippen LogP contribution in [0.15, 0.2) is 77.4 Å². The Morgan fingerprint density at radius 3 is 2.47 bits per heavy atom. The van der Waals surface area contributed by atoms with Crippen LogP contribution < -0.4 is 5.32 Å². The number of amides is 1. The zero-order chi connectivity index (χ0) is 24.0. The highest BCUT2D eigenvalue weighted by molar-refractivity contribution is 5.77. The molecule has 34 heavy (non-hydrogen) atoms. The van der Waals surface area contributed by atoms with Crippen LogP contribution in [0.2, 0.25) is 0 Å². The maximum Gasteiger partial charge on any atom is 0.221 e. The lowest BCUT2D eigenvalue weighted by Gasteiger charge is -2.43. The summed E-state index contributed by atoms with van der Waals surface area (Å²) in [4.78, 5) is 13.0. The van der Waals surface area contributed by atoms with E-state index < -0.39 is 0 Å². The van der Waals surface area contributed by atoms with Crippen LogP contribution in [0.3, 0.4) is 0 Å². The number of carbonyl (C=O) groups excluding carboxylic acids is 1. The highest BCUT2D eigenvalue weighted by Gasteiger charge is 2.38. The molecule has 1 aliphatic heterocycles. The van der Waals surface area contributed by atoms with Crippen molar-refractivity contribution in [2.24, 2.45) is 11.3 Å². The minimum atomic E-state index is -0.0880. The summed E-state index contributed by atoms with van der Waals surface area (Å²) in [6.45, 7) is 8.94. The van der Waals surface area contributed by atoms with Gasteiger partial charge in [0.25, 0.3) is 0 Å². The molecule has 3 aromatic rings. The lowest BCUT2D eigenvalue weighted by Crippen LogP contribution is -2.39. The van der Waals surface area contributed by atoms with Crippen molar-refractivity contribution in [3.8, 4) is 0 Å². The molecule has 1 N–H and O–H groups in total. The molecule has 0 aliphatic carbocycles. The van der Waals surface area contributed by atoms with Crippen molar-refractivity contribution in [3.63, 3.8) is 0 Å². The van der Waals surface area contributed by atoms with Crippen LogP contribution in [0.4, 0.5) is 0 Å². The first kappa shape index (κ1) is 24.3. The first-order valence-electron chi connectivity index (χ1n) is 12.4. The van der Waals surface area contributed by atoms with Crippen molar-refractivity contribution >= 4 is 5.91 Å². The van der Waals surface area contributed by atoms with Crippen LogP contribution in [0.25, 0.3) is 0 Å². The number of hydrogen-bond donors (Lipinski definition) is 1. The Labute approximate surface area is 203 Å². The van der Waals surface area contributed by atoms with Gasteiger partial charge in [0.2, 0.25) is 5.91 Å². The Bertz CT molecular complexity index is 1020. The van der Waals surface area contributed by atoms with E-state index in [0.29, 0.717) is 24.8 Å². The molecule has 1 saturated heterocycles. The molecule has 0 spiro atoms. The van der Waals surface area contributed by atoms with E-state index in [0.717, 1.165) is 37.4 Å². The molecule has 0 radical (unpaired) electrons. The third-order valence-electron chi connectivity index (χ3n) is 7.30. The molecule has 0 bridgehead atoms. The fourth-order valence-corrected chi connectivity index (χ4v) is 5.39. The summed E-state index contributed by atoms with van der Waals surface area (Å²) in [7, 11) is 0. The van der Waals surface area contributed by atoms with Gasteiger partial charge < -0.3 is 14.5 Å². The molecular weight excluding hydrogens is 422 g/mol. The van der Waals surface area contributed by atoms with Crippen LogP contribution >= 0.6 is 0 Å². The second-order valence-electron chi connectivity index (χ2n) is 10.3. The van der Waals surface area contributed by atoms with Gasteiger partial charge in [0, 0.05) is 19.6 Å².